The number of ether oxygens (including phenoxy) is 2. The first-order valence-electron chi connectivity index (χ1n) is 5.33. The van der Waals surface area contributed by atoms with Gasteiger partial charge in [0.25, 0.3) is 10.0 Å². The van der Waals surface area contributed by atoms with E-state index >= 15 is 0 Å². The summed E-state index contributed by atoms with van der Waals surface area (Å²) in [7, 11) is -3.62. The monoisotopic (exact) mass is 439 g/mol. The van der Waals surface area contributed by atoms with Gasteiger partial charge in [-0.15, -0.1) is 11.3 Å². The molecule has 0 fully saturated rings. The molecule has 0 unspecified atom stereocenters. The van der Waals surface area contributed by atoms with Crippen LogP contribution in [0.5, 0.6) is 11.5 Å². The number of rotatable bonds is 3. The molecule has 2 aromatic rings. The van der Waals surface area contributed by atoms with E-state index in [4.69, 9.17) is 9.47 Å². The molecule has 1 aromatic heterocycles. The molecular formula is C11H7Br2NO4S2. The number of nitrogens with one attached hydrogen (secondary N) is 1. The Morgan fingerprint density at radius 3 is 2.60 bits per heavy atom. The molecule has 3 rings (SSSR count). The van der Waals surface area contributed by atoms with Crippen LogP contribution in [0.2, 0.25) is 0 Å². The Kier molecular flexibility index (Phi) is 3.69. The van der Waals surface area contributed by atoms with Gasteiger partial charge in [0.1, 0.15) is 4.21 Å². The van der Waals surface area contributed by atoms with Gasteiger partial charge < -0.3 is 9.47 Å². The molecule has 0 saturated heterocycles. The zero-order valence-electron chi connectivity index (χ0n) is 9.72. The van der Waals surface area contributed by atoms with Crippen LogP contribution in [0.3, 0.4) is 0 Å². The van der Waals surface area contributed by atoms with Gasteiger partial charge >= 0.3 is 0 Å². The first-order chi connectivity index (χ1) is 9.45. The van der Waals surface area contributed by atoms with Gasteiger partial charge in [0.05, 0.1) is 9.47 Å². The molecule has 0 radical (unpaired) electrons. The van der Waals surface area contributed by atoms with Gasteiger partial charge in [-0.3, -0.25) is 4.72 Å². The zero-order chi connectivity index (χ0) is 14.3. The van der Waals surface area contributed by atoms with Gasteiger partial charge in [-0.05, 0) is 50.1 Å². The van der Waals surface area contributed by atoms with Crippen LogP contribution in [-0.2, 0) is 10.0 Å². The molecular weight excluding hydrogens is 434 g/mol. The van der Waals surface area contributed by atoms with Crippen molar-refractivity contribution in [2.24, 2.45) is 0 Å². The standard InChI is InChI=1S/C11H7Br2NO4S2/c12-7-4-10(19-11(7)13)20(15,16)14-6-1-2-8-9(3-6)18-5-17-8/h1-4,14H,5H2. The van der Waals surface area contributed by atoms with Crippen LogP contribution in [0.15, 0.2) is 36.7 Å². The van der Waals surface area contributed by atoms with Crippen LogP contribution < -0.4 is 14.2 Å². The van der Waals surface area contributed by atoms with Crippen LogP contribution >= 0.6 is 43.2 Å². The lowest BCUT2D eigenvalue weighted by molar-refractivity contribution is 0.174. The fourth-order valence-corrected chi connectivity index (χ4v) is 5.49. The second-order valence-electron chi connectivity index (χ2n) is 3.86. The third-order valence-electron chi connectivity index (χ3n) is 2.51. The summed E-state index contributed by atoms with van der Waals surface area (Å²) in [4.78, 5) is 0. The first-order valence-corrected chi connectivity index (χ1v) is 9.21. The number of anilines is 1. The van der Waals surface area contributed by atoms with Crippen LogP contribution in [0.25, 0.3) is 0 Å². The highest BCUT2D eigenvalue weighted by Gasteiger charge is 2.20. The molecule has 1 aliphatic rings. The average molecular weight is 441 g/mol. The lowest BCUT2D eigenvalue weighted by atomic mass is 10.3. The van der Waals surface area contributed by atoms with Crippen molar-refractivity contribution in [3.05, 3.63) is 32.5 Å². The van der Waals surface area contributed by atoms with Crippen molar-refractivity contribution < 1.29 is 17.9 Å². The van der Waals surface area contributed by atoms with Crippen molar-refractivity contribution in [3.8, 4) is 11.5 Å². The summed E-state index contributed by atoms with van der Waals surface area (Å²) in [6.45, 7) is 0.149. The molecule has 0 atom stereocenters. The average Bonchev–Trinajstić information content (AvgIpc) is 2.96. The van der Waals surface area contributed by atoms with Crippen molar-refractivity contribution in [2.45, 2.75) is 4.21 Å². The van der Waals surface area contributed by atoms with E-state index in [1.54, 1.807) is 24.3 Å². The number of benzene rings is 1. The fourth-order valence-electron chi connectivity index (χ4n) is 1.62. The first kappa shape index (κ1) is 14.2. The minimum absolute atomic E-state index is 0.149. The maximum atomic E-state index is 12.3. The van der Waals surface area contributed by atoms with E-state index in [0.29, 0.717) is 21.7 Å². The molecule has 0 saturated carbocycles. The van der Waals surface area contributed by atoms with E-state index in [9.17, 15) is 8.42 Å². The smallest absolute Gasteiger partial charge is 0.271 e. The number of hydrogen-bond acceptors (Lipinski definition) is 5. The van der Waals surface area contributed by atoms with Crippen molar-refractivity contribution in [1.82, 2.24) is 0 Å². The van der Waals surface area contributed by atoms with Crippen LogP contribution in [0, 0.1) is 0 Å². The molecule has 0 aliphatic carbocycles. The molecule has 0 spiro atoms. The van der Waals surface area contributed by atoms with E-state index < -0.39 is 10.0 Å². The maximum Gasteiger partial charge on any atom is 0.271 e. The molecule has 0 amide bonds. The molecule has 1 aliphatic heterocycles. The third-order valence-corrected chi connectivity index (χ3v) is 7.62. The third kappa shape index (κ3) is 2.67. The summed E-state index contributed by atoms with van der Waals surface area (Å²) in [6.07, 6.45) is 0. The minimum atomic E-state index is -3.62. The Balaban J connectivity index is 1.90. The van der Waals surface area contributed by atoms with Crippen molar-refractivity contribution in [1.29, 1.82) is 0 Å². The number of fused-ring (bicyclic) bond motifs is 1. The molecule has 1 N–H and O–H groups in total. The SMILES string of the molecule is O=S(=O)(Nc1ccc2c(c1)OCO2)c1cc(Br)c(Br)s1. The van der Waals surface area contributed by atoms with Crippen LogP contribution in [-0.4, -0.2) is 15.2 Å². The maximum absolute atomic E-state index is 12.3. The van der Waals surface area contributed by atoms with Gasteiger partial charge in [0.15, 0.2) is 11.5 Å². The van der Waals surface area contributed by atoms with Crippen molar-refractivity contribution in [3.63, 3.8) is 0 Å². The highest BCUT2D eigenvalue weighted by Crippen LogP contribution is 2.37. The lowest BCUT2D eigenvalue weighted by Gasteiger charge is -2.06. The van der Waals surface area contributed by atoms with E-state index in [1.165, 1.54) is 0 Å². The second kappa shape index (κ2) is 5.21. The van der Waals surface area contributed by atoms with Crippen LogP contribution in [0.4, 0.5) is 5.69 Å². The van der Waals surface area contributed by atoms with Crippen LogP contribution in [0.1, 0.15) is 0 Å². The molecule has 9 heteroatoms. The fraction of sp³-hybridized carbons (Fsp3) is 0.0909. The Morgan fingerprint density at radius 1 is 1.15 bits per heavy atom. The Bertz CT molecular complexity index is 753. The predicted molar refractivity (Wildman–Crippen MR) is 83.1 cm³/mol. The van der Waals surface area contributed by atoms with E-state index in [1.807, 2.05) is 0 Å². The normalized spacial score (nSPS) is 13.5. The summed E-state index contributed by atoms with van der Waals surface area (Å²) in [5.41, 5.74) is 0.426. The number of thiophene rings is 1. The van der Waals surface area contributed by atoms with Crippen molar-refractivity contribution in [2.75, 3.05) is 11.5 Å². The highest BCUT2D eigenvalue weighted by atomic mass is 79.9. The summed E-state index contributed by atoms with van der Waals surface area (Å²) >= 11 is 7.68. The van der Waals surface area contributed by atoms with Crippen molar-refractivity contribution >= 4 is 58.9 Å². The second-order valence-corrected chi connectivity index (χ2v) is 8.99. The quantitative estimate of drug-likeness (QED) is 0.788. The molecule has 1 aromatic carbocycles. The summed E-state index contributed by atoms with van der Waals surface area (Å²) in [5, 5.41) is 0. The molecule has 20 heavy (non-hydrogen) atoms. The Labute approximate surface area is 136 Å². The van der Waals surface area contributed by atoms with Gasteiger partial charge in [-0.25, -0.2) is 8.42 Å². The van der Waals surface area contributed by atoms with Gasteiger partial charge in [-0.2, -0.15) is 0 Å². The number of halogens is 2. The predicted octanol–water partition coefficient (Wildman–Crippen LogP) is 3.80. The summed E-state index contributed by atoms with van der Waals surface area (Å²) in [6, 6.07) is 6.44. The zero-order valence-corrected chi connectivity index (χ0v) is 14.5. The molecule has 0 bridgehead atoms. The lowest BCUT2D eigenvalue weighted by Crippen LogP contribution is -2.11. The van der Waals surface area contributed by atoms with E-state index in [2.05, 4.69) is 36.6 Å². The summed E-state index contributed by atoms with van der Waals surface area (Å²) in [5.74, 6) is 1.13. The molecule has 5 nitrogen and oxygen atoms in total. The minimum Gasteiger partial charge on any atom is -0.454 e. The van der Waals surface area contributed by atoms with Gasteiger partial charge in [0.2, 0.25) is 6.79 Å². The Hall–Kier alpha value is -0.770. The van der Waals surface area contributed by atoms with Gasteiger partial charge in [-0.1, -0.05) is 0 Å². The Morgan fingerprint density at radius 2 is 1.90 bits per heavy atom. The largest absolute Gasteiger partial charge is 0.454 e. The molecule has 106 valence electrons. The topological polar surface area (TPSA) is 64.6 Å². The van der Waals surface area contributed by atoms with E-state index in [-0.39, 0.29) is 11.0 Å². The highest BCUT2D eigenvalue weighted by molar-refractivity contribution is 9.13. The number of hydrogen-bond donors (Lipinski definition) is 1. The van der Waals surface area contributed by atoms with E-state index in [0.717, 1.165) is 15.1 Å². The number of sulfonamides is 1. The summed E-state index contributed by atoms with van der Waals surface area (Å²) < 4.78 is 39.1. The van der Waals surface area contributed by atoms with Gasteiger partial charge in [0, 0.05) is 10.5 Å². The molecule has 2 heterocycles.